The zero-order chi connectivity index (χ0) is 18.8. The molecule has 138 valence electrons. The van der Waals surface area contributed by atoms with Gasteiger partial charge in [0.05, 0.1) is 24.0 Å². The summed E-state index contributed by atoms with van der Waals surface area (Å²) in [5.41, 5.74) is 6.04. The Kier molecular flexibility index (Phi) is 5.32. The summed E-state index contributed by atoms with van der Waals surface area (Å²) in [4.78, 5) is 14.1. The number of hydrogen-bond acceptors (Lipinski definition) is 4. The molecule has 0 saturated heterocycles. The van der Waals surface area contributed by atoms with Crippen molar-refractivity contribution < 1.29 is 9.13 Å². The third kappa shape index (κ3) is 3.33. The van der Waals surface area contributed by atoms with Crippen LogP contribution in [0.2, 0.25) is 0 Å². The molecular weight excluding hydrogens is 331 g/mol. The molecular formula is C20H25FN4O. The smallest absolute Gasteiger partial charge is 0.159 e. The first-order valence-corrected chi connectivity index (χ1v) is 8.83. The van der Waals surface area contributed by atoms with Gasteiger partial charge in [0.15, 0.2) is 5.65 Å². The number of pyridine rings is 1. The Morgan fingerprint density at radius 3 is 2.54 bits per heavy atom. The minimum atomic E-state index is -0.514. The molecule has 0 aromatic carbocycles. The van der Waals surface area contributed by atoms with E-state index >= 15 is 0 Å². The maximum Gasteiger partial charge on any atom is 0.159 e. The summed E-state index contributed by atoms with van der Waals surface area (Å²) < 4.78 is 20.4. The summed E-state index contributed by atoms with van der Waals surface area (Å²) in [6.45, 7) is 7.91. The van der Waals surface area contributed by atoms with E-state index in [1.807, 2.05) is 42.9 Å². The maximum atomic E-state index is 13.5. The molecule has 6 heteroatoms. The van der Waals surface area contributed by atoms with Crippen LogP contribution in [0.25, 0.3) is 22.4 Å². The van der Waals surface area contributed by atoms with Gasteiger partial charge in [0.2, 0.25) is 0 Å². The monoisotopic (exact) mass is 356 g/mol. The van der Waals surface area contributed by atoms with Crippen LogP contribution in [0.4, 0.5) is 4.39 Å². The van der Waals surface area contributed by atoms with Gasteiger partial charge >= 0.3 is 0 Å². The fourth-order valence-electron chi connectivity index (χ4n) is 3.11. The lowest BCUT2D eigenvalue weighted by Gasteiger charge is -2.15. The van der Waals surface area contributed by atoms with Crippen LogP contribution < -0.4 is 0 Å². The second-order valence-corrected chi connectivity index (χ2v) is 6.94. The fraction of sp³-hybridized carbons (Fsp3) is 0.450. The van der Waals surface area contributed by atoms with Crippen molar-refractivity contribution in [3.8, 4) is 11.3 Å². The molecule has 3 rings (SSSR count). The van der Waals surface area contributed by atoms with Crippen molar-refractivity contribution in [3.05, 3.63) is 41.5 Å². The number of aromatic nitrogens is 4. The molecule has 0 aliphatic rings. The average molecular weight is 356 g/mol. The van der Waals surface area contributed by atoms with Gasteiger partial charge < -0.3 is 9.30 Å². The molecule has 26 heavy (non-hydrogen) atoms. The Morgan fingerprint density at radius 1 is 1.19 bits per heavy atom. The fourth-order valence-corrected chi connectivity index (χ4v) is 3.11. The number of alkyl halides is 1. The molecule has 0 spiro atoms. The normalized spacial score (nSPS) is 12.9. The Hall–Kier alpha value is -2.34. The predicted molar refractivity (Wildman–Crippen MR) is 101 cm³/mol. The second kappa shape index (κ2) is 7.50. The van der Waals surface area contributed by atoms with E-state index in [-0.39, 0.29) is 0 Å². The van der Waals surface area contributed by atoms with E-state index in [0.29, 0.717) is 18.2 Å². The lowest BCUT2D eigenvalue weighted by atomic mass is 10.1. The summed E-state index contributed by atoms with van der Waals surface area (Å²) in [5, 5.41) is 0. The van der Waals surface area contributed by atoms with E-state index in [0.717, 1.165) is 33.7 Å². The van der Waals surface area contributed by atoms with Gasteiger partial charge in [-0.25, -0.2) is 14.4 Å². The van der Waals surface area contributed by atoms with E-state index < -0.39 is 12.7 Å². The van der Waals surface area contributed by atoms with E-state index in [1.165, 1.54) is 0 Å². The highest BCUT2D eigenvalue weighted by Gasteiger charge is 2.19. The summed E-state index contributed by atoms with van der Waals surface area (Å²) >= 11 is 0. The predicted octanol–water partition coefficient (Wildman–Crippen LogP) is 4.39. The molecule has 0 unspecified atom stereocenters. The van der Waals surface area contributed by atoms with E-state index in [9.17, 15) is 4.39 Å². The first-order chi connectivity index (χ1) is 12.5. The van der Waals surface area contributed by atoms with Crippen molar-refractivity contribution in [2.75, 3.05) is 20.4 Å². The Balaban J connectivity index is 2.09. The molecule has 1 atom stereocenters. The molecule has 3 aromatic rings. The average Bonchev–Trinajstić information content (AvgIpc) is 2.94. The minimum Gasteiger partial charge on any atom is -0.382 e. The van der Waals surface area contributed by atoms with E-state index in [1.54, 1.807) is 7.11 Å². The van der Waals surface area contributed by atoms with Crippen molar-refractivity contribution in [1.29, 1.82) is 0 Å². The molecule has 0 N–H and O–H groups in total. The Bertz CT molecular complexity index is 902. The number of methoxy groups -OCH3 is 1. The summed E-state index contributed by atoms with van der Waals surface area (Å²) in [5.74, 6) is 0.383. The summed E-state index contributed by atoms with van der Waals surface area (Å²) in [6, 6.07) is 3.66. The maximum absolute atomic E-state index is 13.5. The van der Waals surface area contributed by atoms with Gasteiger partial charge in [-0.05, 0) is 37.5 Å². The lowest BCUT2D eigenvalue weighted by Crippen LogP contribution is -2.16. The molecule has 5 nitrogen and oxygen atoms in total. The zero-order valence-corrected chi connectivity index (χ0v) is 16.0. The quantitative estimate of drug-likeness (QED) is 0.657. The number of nitrogens with zero attached hydrogens (tertiary/aromatic N) is 4. The molecule has 0 fully saturated rings. The van der Waals surface area contributed by atoms with Crippen molar-refractivity contribution >= 4 is 11.2 Å². The van der Waals surface area contributed by atoms with Crippen LogP contribution in [0, 0.1) is 13.8 Å². The SMILES string of the molecule is COC[C@H](CF)n1cc(C)c2nc(-c3ccc(C(C)C)nc3)c(C)nc21. The van der Waals surface area contributed by atoms with Crippen LogP contribution in [0.5, 0.6) is 0 Å². The zero-order valence-electron chi connectivity index (χ0n) is 16.0. The van der Waals surface area contributed by atoms with E-state index in [4.69, 9.17) is 14.7 Å². The van der Waals surface area contributed by atoms with Crippen LogP contribution >= 0.6 is 0 Å². The standard InChI is InChI=1S/C20H25FN4O/c1-12(2)17-7-6-15(9-22-17)19-14(4)23-20-18(24-19)13(3)10-25(20)16(8-21)11-26-5/h6-7,9-10,12,16H,8,11H2,1-5H3/t16-/m0/s1. The van der Waals surface area contributed by atoms with Crippen molar-refractivity contribution in [2.24, 2.45) is 0 Å². The number of hydrogen-bond donors (Lipinski definition) is 0. The Morgan fingerprint density at radius 2 is 1.96 bits per heavy atom. The lowest BCUT2D eigenvalue weighted by molar-refractivity contribution is 0.142. The third-order valence-electron chi connectivity index (χ3n) is 4.58. The molecule has 3 aromatic heterocycles. The van der Waals surface area contributed by atoms with Gasteiger partial charge in [-0.2, -0.15) is 0 Å². The highest BCUT2D eigenvalue weighted by atomic mass is 19.1. The number of ether oxygens (including phenoxy) is 1. The molecule has 0 aliphatic carbocycles. The number of rotatable bonds is 6. The van der Waals surface area contributed by atoms with Gasteiger partial charge in [0.1, 0.15) is 12.2 Å². The largest absolute Gasteiger partial charge is 0.382 e. The van der Waals surface area contributed by atoms with Crippen LogP contribution in [-0.2, 0) is 4.74 Å². The molecule has 3 heterocycles. The first kappa shape index (κ1) is 18.5. The van der Waals surface area contributed by atoms with Crippen LogP contribution in [0.1, 0.15) is 42.8 Å². The second-order valence-electron chi connectivity index (χ2n) is 6.94. The Labute approximate surface area is 153 Å². The van der Waals surface area contributed by atoms with Gasteiger partial charge in [-0.1, -0.05) is 13.8 Å². The van der Waals surface area contributed by atoms with E-state index in [2.05, 4.69) is 18.8 Å². The van der Waals surface area contributed by atoms with Crippen LogP contribution in [0.3, 0.4) is 0 Å². The van der Waals surface area contributed by atoms with Crippen LogP contribution in [-0.4, -0.2) is 39.9 Å². The van der Waals surface area contributed by atoms with Crippen molar-refractivity contribution in [3.63, 3.8) is 0 Å². The van der Waals surface area contributed by atoms with Gasteiger partial charge in [-0.15, -0.1) is 0 Å². The highest BCUT2D eigenvalue weighted by Crippen LogP contribution is 2.28. The van der Waals surface area contributed by atoms with Gasteiger partial charge in [-0.3, -0.25) is 4.98 Å². The van der Waals surface area contributed by atoms with Gasteiger partial charge in [0, 0.05) is 30.8 Å². The van der Waals surface area contributed by atoms with Gasteiger partial charge in [0.25, 0.3) is 0 Å². The summed E-state index contributed by atoms with van der Waals surface area (Å²) in [6.07, 6.45) is 3.75. The number of halogens is 1. The van der Waals surface area contributed by atoms with Crippen molar-refractivity contribution in [2.45, 2.75) is 39.7 Å². The molecule has 0 aliphatic heterocycles. The number of aryl methyl sites for hydroxylation is 2. The molecule has 0 saturated carbocycles. The first-order valence-electron chi connectivity index (χ1n) is 8.83. The topological polar surface area (TPSA) is 52.8 Å². The third-order valence-corrected chi connectivity index (χ3v) is 4.58. The number of fused-ring (bicyclic) bond motifs is 1. The molecule has 0 radical (unpaired) electrons. The minimum absolute atomic E-state index is 0.294. The van der Waals surface area contributed by atoms with Crippen LogP contribution in [0.15, 0.2) is 24.5 Å². The molecule has 0 amide bonds. The highest BCUT2D eigenvalue weighted by molar-refractivity contribution is 5.79. The summed E-state index contributed by atoms with van der Waals surface area (Å²) in [7, 11) is 1.57. The van der Waals surface area contributed by atoms with Crippen molar-refractivity contribution in [1.82, 2.24) is 19.5 Å². The molecule has 0 bridgehead atoms.